The molecule has 0 nitrogen and oxygen atoms in total. The first-order chi connectivity index (χ1) is 8.67. The molecule has 92 valence electrons. The lowest BCUT2D eigenvalue weighted by molar-refractivity contribution is 1.61. The average molecular weight is 322 g/mol. The maximum absolute atomic E-state index is 5.63. The van der Waals surface area contributed by atoms with Crippen LogP contribution in [0.15, 0.2) is 66.2 Å². The summed E-state index contributed by atoms with van der Waals surface area (Å²) in [6, 6.07) is 15.5. The molecule has 0 radical (unpaired) electrons. The van der Waals surface area contributed by atoms with Gasteiger partial charge in [0, 0.05) is 9.50 Å². The lowest BCUT2D eigenvalue weighted by atomic mass is 10.2. The van der Waals surface area contributed by atoms with E-state index in [9.17, 15) is 0 Å². The molecule has 0 aliphatic carbocycles. The fourth-order valence-corrected chi connectivity index (χ4v) is 1.81. The summed E-state index contributed by atoms with van der Waals surface area (Å²) in [5.74, 6) is 0. The maximum Gasteiger partial charge on any atom is 0.0406 e. The van der Waals surface area contributed by atoms with Crippen molar-refractivity contribution >= 4 is 39.7 Å². The van der Waals surface area contributed by atoms with Gasteiger partial charge in [-0.15, -0.1) is 0 Å². The number of rotatable bonds is 2. The summed E-state index contributed by atoms with van der Waals surface area (Å²) >= 11 is 9.02. The van der Waals surface area contributed by atoms with E-state index in [1.807, 2.05) is 54.6 Å². The molecule has 0 saturated carbocycles. The van der Waals surface area contributed by atoms with Gasteiger partial charge < -0.3 is 0 Å². The van der Waals surface area contributed by atoms with Crippen molar-refractivity contribution in [3.63, 3.8) is 0 Å². The molecule has 0 aromatic heterocycles. The molecule has 0 unspecified atom stereocenters. The lowest BCUT2D eigenvalue weighted by Crippen LogP contribution is -1.70. The zero-order valence-electron chi connectivity index (χ0n) is 9.94. The van der Waals surface area contributed by atoms with Gasteiger partial charge in [0.2, 0.25) is 0 Å². The van der Waals surface area contributed by atoms with Crippen LogP contribution in [0.25, 0.3) is 12.2 Å². The highest BCUT2D eigenvalue weighted by Gasteiger charge is 1.88. The number of benzene rings is 2. The van der Waals surface area contributed by atoms with Crippen LogP contribution in [0.4, 0.5) is 0 Å². The molecule has 2 aromatic rings. The van der Waals surface area contributed by atoms with E-state index in [-0.39, 0.29) is 0 Å². The molecule has 0 atom stereocenters. The van der Waals surface area contributed by atoms with Crippen molar-refractivity contribution in [2.45, 2.75) is 0 Å². The number of halogens is 2. The Morgan fingerprint density at radius 2 is 1.50 bits per heavy atom. The van der Waals surface area contributed by atoms with E-state index in [0.717, 1.165) is 20.6 Å². The lowest BCUT2D eigenvalue weighted by Gasteiger charge is -1.93. The first-order valence-corrected chi connectivity index (χ1v) is 6.59. The molecule has 0 saturated heterocycles. The fraction of sp³-hybridized carbons (Fsp3) is 0. The maximum atomic E-state index is 5.63. The topological polar surface area (TPSA) is 0 Å². The Morgan fingerprint density at radius 1 is 0.889 bits per heavy atom. The minimum Gasteiger partial charge on any atom is -0.0985 e. The smallest absolute Gasteiger partial charge is 0.0406 e. The predicted octanol–water partition coefficient (Wildman–Crippen LogP) is 6.08. The monoisotopic (exact) mass is 320 g/mol. The van der Waals surface area contributed by atoms with Crippen molar-refractivity contribution in [1.29, 1.82) is 0 Å². The van der Waals surface area contributed by atoms with Crippen molar-refractivity contribution in [2.24, 2.45) is 0 Å². The van der Waals surface area contributed by atoms with Gasteiger partial charge in [0.15, 0.2) is 0 Å². The number of hydrogen-bond acceptors (Lipinski definition) is 0. The van der Waals surface area contributed by atoms with Gasteiger partial charge in [0.1, 0.15) is 0 Å². The standard InChI is InChI=1S/C8H7Br.C8H7Cl/c1-2-7-5-3-4-6-8(7)9;1-2-7-3-5-8(9)6-4-7/h2*2-6H,1H2. The summed E-state index contributed by atoms with van der Waals surface area (Å²) in [7, 11) is 0. The van der Waals surface area contributed by atoms with E-state index in [1.54, 1.807) is 6.08 Å². The normalized spacial score (nSPS) is 9.00. The molecule has 2 aromatic carbocycles. The van der Waals surface area contributed by atoms with E-state index in [4.69, 9.17) is 11.6 Å². The third kappa shape index (κ3) is 4.91. The molecule has 2 heteroatoms. The Labute approximate surface area is 122 Å². The van der Waals surface area contributed by atoms with Gasteiger partial charge in [-0.3, -0.25) is 0 Å². The second-order valence-corrected chi connectivity index (χ2v) is 4.77. The molecule has 0 spiro atoms. The summed E-state index contributed by atoms with van der Waals surface area (Å²) in [6.45, 7) is 7.28. The Balaban J connectivity index is 0.000000180. The van der Waals surface area contributed by atoms with Gasteiger partial charge in [-0.2, -0.15) is 0 Å². The summed E-state index contributed by atoms with van der Waals surface area (Å²) in [5, 5.41) is 0.764. The third-order valence-corrected chi connectivity index (χ3v) is 3.20. The molecule has 0 aliphatic heterocycles. The van der Waals surface area contributed by atoms with Gasteiger partial charge in [0.05, 0.1) is 0 Å². The molecule has 2 rings (SSSR count). The highest BCUT2D eigenvalue weighted by atomic mass is 79.9. The summed E-state index contributed by atoms with van der Waals surface area (Å²) < 4.78 is 1.10. The van der Waals surface area contributed by atoms with E-state index in [2.05, 4.69) is 29.1 Å². The van der Waals surface area contributed by atoms with Crippen molar-refractivity contribution < 1.29 is 0 Å². The molecule has 0 aliphatic rings. The molecule has 18 heavy (non-hydrogen) atoms. The second-order valence-electron chi connectivity index (χ2n) is 3.48. The van der Waals surface area contributed by atoms with Crippen LogP contribution in [0, 0.1) is 0 Å². The fourth-order valence-electron chi connectivity index (χ4n) is 1.24. The van der Waals surface area contributed by atoms with Crippen LogP contribution in [0.2, 0.25) is 5.02 Å². The van der Waals surface area contributed by atoms with Crippen LogP contribution in [-0.2, 0) is 0 Å². The van der Waals surface area contributed by atoms with E-state index in [0.29, 0.717) is 0 Å². The SMILES string of the molecule is C=Cc1ccc(Cl)cc1.C=Cc1ccccc1Br. The zero-order chi connectivity index (χ0) is 13.4. The predicted molar refractivity (Wildman–Crippen MR) is 85.8 cm³/mol. The molecule has 0 amide bonds. The Kier molecular flexibility index (Phi) is 6.48. The van der Waals surface area contributed by atoms with Crippen LogP contribution in [0.3, 0.4) is 0 Å². The highest BCUT2D eigenvalue weighted by molar-refractivity contribution is 9.10. The van der Waals surface area contributed by atoms with Crippen LogP contribution in [0.5, 0.6) is 0 Å². The number of hydrogen-bond donors (Lipinski definition) is 0. The molecular weight excluding hydrogens is 308 g/mol. The molecule has 0 N–H and O–H groups in total. The van der Waals surface area contributed by atoms with E-state index >= 15 is 0 Å². The van der Waals surface area contributed by atoms with Gasteiger partial charge in [-0.25, -0.2) is 0 Å². The van der Waals surface area contributed by atoms with Gasteiger partial charge in [0.25, 0.3) is 0 Å². The van der Waals surface area contributed by atoms with Crippen LogP contribution < -0.4 is 0 Å². The summed E-state index contributed by atoms with van der Waals surface area (Å²) in [6.07, 6.45) is 3.61. The molecular formula is C16H14BrCl. The third-order valence-electron chi connectivity index (χ3n) is 2.23. The van der Waals surface area contributed by atoms with Crippen molar-refractivity contribution in [3.8, 4) is 0 Å². The van der Waals surface area contributed by atoms with Gasteiger partial charge in [-0.05, 0) is 29.3 Å². The van der Waals surface area contributed by atoms with Crippen molar-refractivity contribution in [2.75, 3.05) is 0 Å². The Morgan fingerprint density at radius 3 is 1.94 bits per heavy atom. The zero-order valence-corrected chi connectivity index (χ0v) is 12.3. The quantitative estimate of drug-likeness (QED) is 0.629. The molecule has 0 heterocycles. The van der Waals surface area contributed by atoms with Crippen molar-refractivity contribution in [1.82, 2.24) is 0 Å². The van der Waals surface area contributed by atoms with Gasteiger partial charge in [-0.1, -0.05) is 83.2 Å². The van der Waals surface area contributed by atoms with Crippen LogP contribution in [-0.4, -0.2) is 0 Å². The van der Waals surface area contributed by atoms with E-state index < -0.39 is 0 Å². The average Bonchev–Trinajstić information content (AvgIpc) is 2.41. The minimum absolute atomic E-state index is 0.764. The molecule has 0 bridgehead atoms. The summed E-state index contributed by atoms with van der Waals surface area (Å²) in [5.41, 5.74) is 2.23. The van der Waals surface area contributed by atoms with E-state index in [1.165, 1.54) is 0 Å². The first-order valence-electron chi connectivity index (χ1n) is 5.42. The van der Waals surface area contributed by atoms with Gasteiger partial charge >= 0.3 is 0 Å². The van der Waals surface area contributed by atoms with Crippen molar-refractivity contribution in [3.05, 3.63) is 82.3 Å². The minimum atomic E-state index is 0.764. The summed E-state index contributed by atoms with van der Waals surface area (Å²) in [4.78, 5) is 0. The van der Waals surface area contributed by atoms with Crippen LogP contribution in [0.1, 0.15) is 11.1 Å². The second kappa shape index (κ2) is 7.91. The first kappa shape index (κ1) is 14.7. The largest absolute Gasteiger partial charge is 0.0985 e. The molecule has 0 fully saturated rings. The Bertz CT molecular complexity index is 515. The Hall–Kier alpha value is -1.31. The van der Waals surface area contributed by atoms with Crippen LogP contribution >= 0.6 is 27.5 Å². The highest BCUT2D eigenvalue weighted by Crippen LogP contribution is 2.15.